The first-order valence-corrected chi connectivity index (χ1v) is 6.47. The van der Waals surface area contributed by atoms with Gasteiger partial charge in [0.05, 0.1) is 18.9 Å². The molecular weight excluding hydrogens is 270 g/mol. The van der Waals surface area contributed by atoms with Crippen LogP contribution in [0.25, 0.3) is 0 Å². The zero-order chi connectivity index (χ0) is 15.4. The predicted octanol–water partition coefficient (Wildman–Crippen LogP) is 1.37. The molecule has 0 fully saturated rings. The van der Waals surface area contributed by atoms with Gasteiger partial charge in [-0.15, -0.1) is 0 Å². The van der Waals surface area contributed by atoms with Crippen LogP contribution in [-0.4, -0.2) is 28.8 Å². The van der Waals surface area contributed by atoms with Gasteiger partial charge in [0.25, 0.3) is 5.91 Å². The number of amides is 1. The smallest absolute Gasteiger partial charge is 0.333 e. The minimum Gasteiger partial charge on any atom is -0.467 e. The molecule has 0 saturated carbocycles. The van der Waals surface area contributed by atoms with Crippen molar-refractivity contribution in [1.29, 1.82) is 0 Å². The van der Waals surface area contributed by atoms with Crippen LogP contribution in [0.2, 0.25) is 0 Å². The fourth-order valence-corrected chi connectivity index (χ4v) is 1.97. The van der Waals surface area contributed by atoms with Crippen molar-refractivity contribution in [1.82, 2.24) is 15.1 Å². The number of nitrogens with zero attached hydrogens (tertiary/aromatic N) is 2. The van der Waals surface area contributed by atoms with Gasteiger partial charge >= 0.3 is 5.97 Å². The van der Waals surface area contributed by atoms with Crippen LogP contribution in [0.15, 0.2) is 36.5 Å². The number of rotatable bonds is 4. The average Bonchev–Trinajstić information content (AvgIpc) is 2.84. The minimum atomic E-state index is -0.844. The summed E-state index contributed by atoms with van der Waals surface area (Å²) in [5, 5.41) is 6.71. The maximum atomic E-state index is 12.3. The van der Waals surface area contributed by atoms with Gasteiger partial charge in [0.2, 0.25) is 0 Å². The molecule has 0 radical (unpaired) electrons. The summed E-state index contributed by atoms with van der Waals surface area (Å²) in [4.78, 5) is 24.2. The van der Waals surface area contributed by atoms with Crippen molar-refractivity contribution in [3.63, 3.8) is 0 Å². The zero-order valence-corrected chi connectivity index (χ0v) is 12.2. The summed E-state index contributed by atoms with van der Waals surface area (Å²) in [6.45, 7) is 1.79. The molecule has 6 nitrogen and oxygen atoms in total. The van der Waals surface area contributed by atoms with Gasteiger partial charge in [0.1, 0.15) is 0 Å². The molecule has 1 aromatic heterocycles. The number of ether oxygens (including phenoxy) is 1. The molecule has 1 atom stereocenters. The average molecular weight is 287 g/mol. The lowest BCUT2D eigenvalue weighted by Gasteiger charge is -2.16. The second kappa shape index (κ2) is 6.21. The Hall–Kier alpha value is -2.63. The van der Waals surface area contributed by atoms with E-state index in [1.807, 2.05) is 6.07 Å². The molecule has 1 N–H and O–H groups in total. The molecule has 0 aliphatic carbocycles. The third kappa shape index (κ3) is 3.10. The Balaban J connectivity index is 2.26. The van der Waals surface area contributed by atoms with Crippen molar-refractivity contribution in [3.05, 3.63) is 53.3 Å². The van der Waals surface area contributed by atoms with Crippen LogP contribution in [0.5, 0.6) is 0 Å². The van der Waals surface area contributed by atoms with Crippen LogP contribution in [0.4, 0.5) is 0 Å². The maximum Gasteiger partial charge on any atom is 0.333 e. The van der Waals surface area contributed by atoms with Crippen molar-refractivity contribution in [2.24, 2.45) is 7.05 Å². The molecule has 21 heavy (non-hydrogen) atoms. The lowest BCUT2D eigenvalue weighted by Crippen LogP contribution is -2.34. The number of nitrogens with one attached hydrogen (secondary N) is 1. The van der Waals surface area contributed by atoms with E-state index in [0.29, 0.717) is 11.1 Å². The molecule has 2 rings (SSSR count). The van der Waals surface area contributed by atoms with Gasteiger partial charge in [-0.05, 0) is 12.5 Å². The van der Waals surface area contributed by atoms with E-state index in [2.05, 4.69) is 10.4 Å². The van der Waals surface area contributed by atoms with Gasteiger partial charge in [0.15, 0.2) is 6.04 Å². The Kier molecular flexibility index (Phi) is 4.37. The molecule has 1 unspecified atom stereocenters. The van der Waals surface area contributed by atoms with E-state index in [1.54, 1.807) is 42.9 Å². The lowest BCUT2D eigenvalue weighted by molar-refractivity contribution is -0.143. The van der Waals surface area contributed by atoms with Crippen LogP contribution >= 0.6 is 0 Å². The molecule has 110 valence electrons. The quantitative estimate of drug-likeness (QED) is 0.862. The van der Waals surface area contributed by atoms with E-state index in [0.717, 1.165) is 5.69 Å². The van der Waals surface area contributed by atoms with Crippen LogP contribution in [0.3, 0.4) is 0 Å². The van der Waals surface area contributed by atoms with Gasteiger partial charge in [-0.2, -0.15) is 5.10 Å². The van der Waals surface area contributed by atoms with E-state index in [9.17, 15) is 9.59 Å². The van der Waals surface area contributed by atoms with Gasteiger partial charge in [0, 0.05) is 12.7 Å². The number of carbonyl (C=O) groups is 2. The third-order valence-electron chi connectivity index (χ3n) is 3.33. The Morgan fingerprint density at radius 2 is 1.95 bits per heavy atom. The Labute approximate surface area is 122 Å². The van der Waals surface area contributed by atoms with Crippen molar-refractivity contribution < 1.29 is 14.3 Å². The highest BCUT2D eigenvalue weighted by Gasteiger charge is 2.25. The molecule has 0 aliphatic heterocycles. The number of carbonyl (C=O) groups excluding carboxylic acids is 2. The maximum absolute atomic E-state index is 12.3. The molecule has 6 heteroatoms. The normalized spacial score (nSPS) is 11.8. The highest BCUT2D eigenvalue weighted by molar-refractivity contribution is 5.97. The fraction of sp³-hybridized carbons (Fsp3) is 0.267. The summed E-state index contributed by atoms with van der Waals surface area (Å²) in [7, 11) is 3.04. The summed E-state index contributed by atoms with van der Waals surface area (Å²) in [5.74, 6) is -0.879. The Morgan fingerprint density at radius 1 is 1.29 bits per heavy atom. The third-order valence-corrected chi connectivity index (χ3v) is 3.33. The van der Waals surface area contributed by atoms with Crippen LogP contribution in [-0.2, 0) is 16.6 Å². The molecule has 1 amide bonds. The van der Waals surface area contributed by atoms with E-state index < -0.39 is 12.0 Å². The van der Waals surface area contributed by atoms with Crippen molar-refractivity contribution in [2.45, 2.75) is 13.0 Å². The summed E-state index contributed by atoms with van der Waals surface area (Å²) in [5.41, 5.74) is 1.82. The standard InChI is InChI=1S/C15H17N3O3/c1-10-12(9-16-18(10)2)14(19)17-13(15(20)21-3)11-7-5-4-6-8-11/h4-9,13H,1-3H3,(H,17,19). The van der Waals surface area contributed by atoms with Crippen molar-refractivity contribution in [3.8, 4) is 0 Å². The molecule has 0 spiro atoms. The first kappa shape index (κ1) is 14.8. The molecule has 1 heterocycles. The van der Waals surface area contributed by atoms with Crippen molar-refractivity contribution in [2.75, 3.05) is 7.11 Å². The summed E-state index contributed by atoms with van der Waals surface area (Å²) in [6.07, 6.45) is 1.48. The van der Waals surface area contributed by atoms with E-state index in [4.69, 9.17) is 4.74 Å². The number of aromatic nitrogens is 2. The molecule has 0 bridgehead atoms. The number of aryl methyl sites for hydroxylation is 1. The second-order valence-corrected chi connectivity index (χ2v) is 4.61. The summed E-state index contributed by atoms with van der Waals surface area (Å²) < 4.78 is 6.37. The highest BCUT2D eigenvalue weighted by Crippen LogP contribution is 2.16. The number of benzene rings is 1. The van der Waals surface area contributed by atoms with Crippen molar-refractivity contribution >= 4 is 11.9 Å². The number of hydrogen-bond donors (Lipinski definition) is 1. The second-order valence-electron chi connectivity index (χ2n) is 4.61. The Bertz CT molecular complexity index is 649. The predicted molar refractivity (Wildman–Crippen MR) is 76.6 cm³/mol. The number of methoxy groups -OCH3 is 1. The topological polar surface area (TPSA) is 73.2 Å². The van der Waals surface area contributed by atoms with Crippen LogP contribution in [0.1, 0.15) is 27.7 Å². The van der Waals surface area contributed by atoms with Gasteiger partial charge in [-0.3, -0.25) is 9.48 Å². The highest BCUT2D eigenvalue weighted by atomic mass is 16.5. The van der Waals surface area contributed by atoms with Crippen LogP contribution in [0, 0.1) is 6.92 Å². The monoisotopic (exact) mass is 287 g/mol. The molecule has 0 saturated heterocycles. The molecular formula is C15H17N3O3. The first-order valence-electron chi connectivity index (χ1n) is 6.47. The number of esters is 1. The summed E-state index contributed by atoms with van der Waals surface area (Å²) >= 11 is 0. The summed E-state index contributed by atoms with van der Waals surface area (Å²) in [6, 6.07) is 8.11. The van der Waals surface area contributed by atoms with Crippen LogP contribution < -0.4 is 5.32 Å². The SMILES string of the molecule is COC(=O)C(NC(=O)c1cnn(C)c1C)c1ccccc1. The van der Waals surface area contributed by atoms with E-state index in [-0.39, 0.29) is 5.91 Å². The Morgan fingerprint density at radius 3 is 2.48 bits per heavy atom. The van der Waals surface area contributed by atoms with Gasteiger partial charge in [-0.1, -0.05) is 30.3 Å². The lowest BCUT2D eigenvalue weighted by atomic mass is 10.1. The molecule has 2 aromatic rings. The first-order chi connectivity index (χ1) is 10.0. The molecule has 1 aromatic carbocycles. The van der Waals surface area contributed by atoms with E-state index in [1.165, 1.54) is 13.3 Å². The van der Waals surface area contributed by atoms with Gasteiger partial charge in [-0.25, -0.2) is 4.79 Å². The minimum absolute atomic E-state index is 0.361. The van der Waals surface area contributed by atoms with E-state index >= 15 is 0 Å². The number of hydrogen-bond acceptors (Lipinski definition) is 4. The van der Waals surface area contributed by atoms with Gasteiger partial charge < -0.3 is 10.1 Å². The fourth-order valence-electron chi connectivity index (χ4n) is 1.97. The molecule has 0 aliphatic rings. The zero-order valence-electron chi connectivity index (χ0n) is 12.2. The largest absolute Gasteiger partial charge is 0.467 e.